The number of hydrogen-bond acceptors (Lipinski definition) is 5. The number of anilines is 2. The number of benzene rings is 1. The van der Waals surface area contributed by atoms with Crippen LogP contribution in [0.1, 0.15) is 30.0 Å². The fourth-order valence-corrected chi connectivity index (χ4v) is 3.67. The van der Waals surface area contributed by atoms with Gasteiger partial charge >= 0.3 is 6.18 Å². The van der Waals surface area contributed by atoms with Crippen molar-refractivity contribution < 1.29 is 13.2 Å². The van der Waals surface area contributed by atoms with E-state index < -0.39 is 11.7 Å². The quantitative estimate of drug-likeness (QED) is 0.644. The second-order valence-corrected chi connectivity index (χ2v) is 7.52. The lowest BCUT2D eigenvalue weighted by Crippen LogP contribution is -2.31. The van der Waals surface area contributed by atoms with Crippen LogP contribution in [0.3, 0.4) is 0 Å². The average molecular weight is 413 g/mol. The van der Waals surface area contributed by atoms with Crippen molar-refractivity contribution >= 4 is 11.6 Å². The molecule has 30 heavy (non-hydrogen) atoms. The summed E-state index contributed by atoms with van der Waals surface area (Å²) in [5, 5.41) is 2.94. The third kappa shape index (κ3) is 4.76. The number of hydrogen-bond donors (Lipinski definition) is 1. The summed E-state index contributed by atoms with van der Waals surface area (Å²) in [6.45, 7) is 1.93. The van der Waals surface area contributed by atoms with Crippen molar-refractivity contribution in [1.29, 1.82) is 0 Å². The average Bonchev–Trinajstić information content (AvgIpc) is 2.74. The highest BCUT2D eigenvalue weighted by molar-refractivity contribution is 5.60. The molecule has 2 aromatic heterocycles. The summed E-state index contributed by atoms with van der Waals surface area (Å²) in [5.41, 5.74) is 0.972. The van der Waals surface area contributed by atoms with E-state index >= 15 is 0 Å². The van der Waals surface area contributed by atoms with Crippen molar-refractivity contribution in [1.82, 2.24) is 19.9 Å². The highest BCUT2D eigenvalue weighted by Gasteiger charge is 2.31. The molecule has 1 aliphatic rings. The molecule has 1 unspecified atom stereocenters. The van der Waals surface area contributed by atoms with E-state index in [0.717, 1.165) is 55.5 Å². The molecule has 4 rings (SSSR count). The maximum absolute atomic E-state index is 13.0. The van der Waals surface area contributed by atoms with Crippen LogP contribution in [0.2, 0.25) is 0 Å². The Morgan fingerprint density at radius 3 is 2.57 bits per heavy atom. The summed E-state index contributed by atoms with van der Waals surface area (Å²) < 4.78 is 39.1. The van der Waals surface area contributed by atoms with Gasteiger partial charge in [0.1, 0.15) is 11.6 Å². The topological polar surface area (TPSA) is 53.9 Å². The lowest BCUT2D eigenvalue weighted by atomic mass is 9.94. The minimum Gasteiger partial charge on any atom is -0.325 e. The van der Waals surface area contributed by atoms with Crippen LogP contribution in [0.5, 0.6) is 0 Å². The molecule has 156 valence electrons. The third-order valence-electron chi connectivity index (χ3n) is 5.16. The number of rotatable bonds is 4. The summed E-state index contributed by atoms with van der Waals surface area (Å²) in [6, 6.07) is 13.3. The Balaban J connectivity index is 1.71. The minimum absolute atomic E-state index is 0.0919. The third-order valence-corrected chi connectivity index (χ3v) is 5.16. The van der Waals surface area contributed by atoms with Gasteiger partial charge in [-0.2, -0.15) is 13.2 Å². The van der Waals surface area contributed by atoms with Crippen LogP contribution in [-0.4, -0.2) is 40.0 Å². The normalized spacial score (nSPS) is 17.7. The van der Waals surface area contributed by atoms with Crippen molar-refractivity contribution in [2.75, 3.05) is 25.5 Å². The van der Waals surface area contributed by atoms with E-state index in [1.54, 1.807) is 0 Å². The summed E-state index contributed by atoms with van der Waals surface area (Å²) in [7, 11) is 2.08. The summed E-state index contributed by atoms with van der Waals surface area (Å²) in [5.74, 6) is 1.30. The SMILES string of the molecule is CN1CCCC(c2cc(Nc3cc(C(F)(F)F)ccn3)nc(-c3ccccc3)n2)C1. The predicted octanol–water partition coefficient (Wildman–Crippen LogP) is 5.11. The Kier molecular flexibility index (Phi) is 5.67. The smallest absolute Gasteiger partial charge is 0.325 e. The first-order valence-electron chi connectivity index (χ1n) is 9.82. The van der Waals surface area contributed by atoms with Gasteiger partial charge in [0.15, 0.2) is 5.82 Å². The van der Waals surface area contributed by atoms with Gasteiger partial charge in [0.05, 0.1) is 11.3 Å². The van der Waals surface area contributed by atoms with Gasteiger partial charge in [-0.3, -0.25) is 0 Å². The van der Waals surface area contributed by atoms with Gasteiger partial charge in [0.2, 0.25) is 0 Å². The molecule has 3 aromatic rings. The predicted molar refractivity (Wildman–Crippen MR) is 109 cm³/mol. The van der Waals surface area contributed by atoms with Crippen LogP contribution < -0.4 is 5.32 Å². The number of likely N-dealkylation sites (N-methyl/N-ethyl adjacent to an activating group) is 1. The number of pyridine rings is 1. The minimum atomic E-state index is -4.43. The Bertz CT molecular complexity index is 1010. The number of alkyl halides is 3. The summed E-state index contributed by atoms with van der Waals surface area (Å²) >= 11 is 0. The first-order chi connectivity index (χ1) is 14.4. The molecule has 5 nitrogen and oxygen atoms in total. The summed E-state index contributed by atoms with van der Waals surface area (Å²) in [4.78, 5) is 15.6. The second-order valence-electron chi connectivity index (χ2n) is 7.52. The molecule has 1 N–H and O–H groups in total. The van der Waals surface area contributed by atoms with Crippen LogP contribution in [0, 0.1) is 0 Å². The van der Waals surface area contributed by atoms with E-state index in [9.17, 15) is 13.2 Å². The Morgan fingerprint density at radius 1 is 1.03 bits per heavy atom. The zero-order valence-electron chi connectivity index (χ0n) is 16.5. The molecular weight excluding hydrogens is 391 g/mol. The van der Waals surface area contributed by atoms with Crippen molar-refractivity contribution in [2.24, 2.45) is 0 Å². The van der Waals surface area contributed by atoms with Gasteiger partial charge in [-0.1, -0.05) is 30.3 Å². The van der Waals surface area contributed by atoms with Crippen LogP contribution in [0.25, 0.3) is 11.4 Å². The van der Waals surface area contributed by atoms with Crippen LogP contribution >= 0.6 is 0 Å². The highest BCUT2D eigenvalue weighted by Crippen LogP contribution is 2.32. The van der Waals surface area contributed by atoms with E-state index in [2.05, 4.69) is 27.2 Å². The van der Waals surface area contributed by atoms with E-state index in [1.807, 2.05) is 36.4 Å². The monoisotopic (exact) mass is 413 g/mol. The molecule has 1 aromatic carbocycles. The van der Waals surface area contributed by atoms with E-state index in [0.29, 0.717) is 11.6 Å². The van der Waals surface area contributed by atoms with E-state index in [-0.39, 0.29) is 11.7 Å². The number of likely N-dealkylation sites (tertiary alicyclic amines) is 1. The number of nitrogens with one attached hydrogen (secondary N) is 1. The number of piperidine rings is 1. The molecule has 8 heteroatoms. The standard InChI is InChI=1S/C22H22F3N5/c1-30-11-5-8-16(14-30)18-13-20(29-21(27-18)15-6-3-2-4-7-15)28-19-12-17(9-10-26-19)22(23,24)25/h2-4,6-7,9-10,12-13,16H,5,8,11,14H2,1H3,(H,26,27,28,29). The number of halogens is 3. The van der Waals surface area contributed by atoms with Crippen LogP contribution in [0.15, 0.2) is 54.7 Å². The zero-order chi connectivity index (χ0) is 21.1. The molecule has 0 aliphatic carbocycles. The van der Waals surface area contributed by atoms with E-state index in [4.69, 9.17) is 4.98 Å². The van der Waals surface area contributed by atoms with Gasteiger partial charge in [0.25, 0.3) is 0 Å². The Hall–Kier alpha value is -3.00. The number of aromatic nitrogens is 3. The first kappa shape index (κ1) is 20.3. The Labute approximate surface area is 173 Å². The maximum Gasteiger partial charge on any atom is 0.416 e. The number of nitrogens with zero attached hydrogens (tertiary/aromatic N) is 4. The molecule has 0 bridgehead atoms. The lowest BCUT2D eigenvalue weighted by molar-refractivity contribution is -0.137. The molecule has 0 amide bonds. The summed E-state index contributed by atoms with van der Waals surface area (Å²) in [6.07, 6.45) is -1.21. The largest absolute Gasteiger partial charge is 0.416 e. The van der Waals surface area contributed by atoms with Crippen LogP contribution in [-0.2, 0) is 6.18 Å². The second kappa shape index (κ2) is 8.39. The molecule has 1 fully saturated rings. The van der Waals surface area contributed by atoms with Crippen molar-refractivity contribution in [3.8, 4) is 11.4 Å². The molecule has 1 atom stereocenters. The van der Waals surface area contributed by atoms with Gasteiger partial charge in [-0.05, 0) is 38.6 Å². The van der Waals surface area contributed by atoms with Gasteiger partial charge in [0, 0.05) is 30.3 Å². The molecule has 0 spiro atoms. The molecule has 3 heterocycles. The molecule has 0 saturated carbocycles. The van der Waals surface area contributed by atoms with Crippen LogP contribution in [0.4, 0.5) is 24.8 Å². The molecule has 1 aliphatic heterocycles. The lowest BCUT2D eigenvalue weighted by Gasteiger charge is -2.29. The van der Waals surface area contributed by atoms with E-state index in [1.165, 1.54) is 0 Å². The molecular formula is C22H22F3N5. The van der Waals surface area contributed by atoms with Crippen molar-refractivity contribution in [3.63, 3.8) is 0 Å². The van der Waals surface area contributed by atoms with Crippen molar-refractivity contribution in [2.45, 2.75) is 24.9 Å². The van der Waals surface area contributed by atoms with Crippen molar-refractivity contribution in [3.05, 3.63) is 66.0 Å². The molecule has 0 radical (unpaired) electrons. The Morgan fingerprint density at radius 2 is 1.83 bits per heavy atom. The van der Waals surface area contributed by atoms with Gasteiger partial charge < -0.3 is 10.2 Å². The maximum atomic E-state index is 13.0. The zero-order valence-corrected chi connectivity index (χ0v) is 16.5. The van der Waals surface area contributed by atoms with Gasteiger partial charge in [-0.25, -0.2) is 15.0 Å². The fourth-order valence-electron chi connectivity index (χ4n) is 3.67. The highest BCUT2D eigenvalue weighted by atomic mass is 19.4. The fraction of sp³-hybridized carbons (Fsp3) is 0.318. The van der Waals surface area contributed by atoms with Gasteiger partial charge in [-0.15, -0.1) is 0 Å². The molecule has 1 saturated heterocycles. The first-order valence-corrected chi connectivity index (χ1v) is 9.82.